The standard InChI is InChI=1S/C21H17ClN2O3S.2ClH/c1-12-18(20(25)26)19(15-5-3-4-6-16(15)27-2)24-11-17(28-21(24)23-12)13-7-9-14(22)10-8-13;;/h3-11,19H,1-2H3,(H,25,26);2*1H/t19-;;/m0../s1. The molecule has 2 aromatic carbocycles. The van der Waals surface area contributed by atoms with Gasteiger partial charge < -0.3 is 14.7 Å². The molecule has 2 aliphatic rings. The lowest BCUT2D eigenvalue weighted by Gasteiger charge is -2.33. The number of para-hydroxylation sites is 1. The molecule has 0 amide bonds. The van der Waals surface area contributed by atoms with Crippen LogP contribution in [0.25, 0.3) is 4.91 Å². The molecule has 4 rings (SSSR count). The summed E-state index contributed by atoms with van der Waals surface area (Å²) >= 11 is 7.51. The third-order valence-corrected chi connectivity index (χ3v) is 5.97. The molecule has 2 aliphatic heterocycles. The summed E-state index contributed by atoms with van der Waals surface area (Å²) < 4.78 is 5.51. The van der Waals surface area contributed by atoms with Gasteiger partial charge in [0.1, 0.15) is 5.75 Å². The number of hydrogen-bond donors (Lipinski definition) is 1. The van der Waals surface area contributed by atoms with E-state index in [2.05, 4.69) is 4.99 Å². The number of halogens is 3. The number of thioether (sulfide) groups is 1. The molecule has 0 bridgehead atoms. The second kappa shape index (κ2) is 9.79. The summed E-state index contributed by atoms with van der Waals surface area (Å²) in [4.78, 5) is 19.5. The summed E-state index contributed by atoms with van der Waals surface area (Å²) in [6.45, 7) is 1.73. The number of benzene rings is 2. The predicted molar refractivity (Wildman–Crippen MR) is 127 cm³/mol. The van der Waals surface area contributed by atoms with Gasteiger partial charge in [-0.1, -0.05) is 41.9 Å². The number of fused-ring (bicyclic) bond motifs is 1. The summed E-state index contributed by atoms with van der Waals surface area (Å²) in [5.74, 6) is -0.354. The van der Waals surface area contributed by atoms with Crippen molar-refractivity contribution < 1.29 is 14.6 Å². The highest BCUT2D eigenvalue weighted by atomic mass is 35.5. The molecule has 2 aromatic rings. The molecular formula is C21H19Cl3N2O3S. The lowest BCUT2D eigenvalue weighted by atomic mass is 9.94. The maximum absolute atomic E-state index is 12.1. The zero-order chi connectivity index (χ0) is 19.8. The quantitative estimate of drug-likeness (QED) is 0.575. The minimum atomic E-state index is -0.991. The van der Waals surface area contributed by atoms with E-state index in [4.69, 9.17) is 16.3 Å². The second-order valence-corrected chi connectivity index (χ2v) is 7.80. The summed E-state index contributed by atoms with van der Waals surface area (Å²) in [6.07, 6.45) is 1.94. The van der Waals surface area contributed by atoms with Crippen LogP contribution in [0, 0.1) is 0 Å². The smallest absolute Gasteiger partial charge is 0.335 e. The van der Waals surface area contributed by atoms with Crippen molar-refractivity contribution in [1.82, 2.24) is 4.90 Å². The summed E-state index contributed by atoms with van der Waals surface area (Å²) in [6, 6.07) is 14.5. The van der Waals surface area contributed by atoms with Gasteiger partial charge in [-0.05, 0) is 42.4 Å². The lowest BCUT2D eigenvalue weighted by Crippen LogP contribution is -2.33. The maximum Gasteiger partial charge on any atom is 0.335 e. The Bertz CT molecular complexity index is 1050. The monoisotopic (exact) mass is 484 g/mol. The number of nitrogens with zero attached hydrogens (tertiary/aromatic N) is 2. The first kappa shape index (κ1) is 24.2. The van der Waals surface area contributed by atoms with Gasteiger partial charge in [0.15, 0.2) is 5.17 Å². The fourth-order valence-electron chi connectivity index (χ4n) is 3.38. The van der Waals surface area contributed by atoms with Gasteiger partial charge in [-0.15, -0.1) is 24.8 Å². The van der Waals surface area contributed by atoms with E-state index in [1.165, 1.54) is 11.8 Å². The highest BCUT2D eigenvalue weighted by molar-refractivity contribution is 8.22. The van der Waals surface area contributed by atoms with E-state index in [1.807, 2.05) is 59.6 Å². The molecule has 5 nitrogen and oxygen atoms in total. The van der Waals surface area contributed by atoms with Crippen molar-refractivity contribution in [1.29, 1.82) is 0 Å². The molecule has 0 aliphatic carbocycles. The third kappa shape index (κ3) is 4.32. The Morgan fingerprint density at radius 2 is 1.83 bits per heavy atom. The molecule has 30 heavy (non-hydrogen) atoms. The van der Waals surface area contributed by atoms with Crippen LogP contribution >= 0.6 is 48.2 Å². The zero-order valence-corrected chi connectivity index (χ0v) is 19.2. The number of allylic oxidation sites excluding steroid dienone is 1. The number of carboxylic acids is 1. The van der Waals surface area contributed by atoms with Crippen LogP contribution < -0.4 is 4.74 Å². The van der Waals surface area contributed by atoms with Crippen LogP contribution in [0.1, 0.15) is 24.1 Å². The summed E-state index contributed by atoms with van der Waals surface area (Å²) in [5, 5.41) is 11.3. The Morgan fingerprint density at radius 3 is 2.47 bits per heavy atom. The van der Waals surface area contributed by atoms with E-state index in [0.717, 1.165) is 21.2 Å². The van der Waals surface area contributed by atoms with Crippen LogP contribution in [0.15, 0.2) is 71.0 Å². The van der Waals surface area contributed by atoms with Gasteiger partial charge in [0, 0.05) is 21.7 Å². The lowest BCUT2D eigenvalue weighted by molar-refractivity contribution is -0.133. The van der Waals surface area contributed by atoms with Gasteiger partial charge in [0.05, 0.1) is 24.4 Å². The molecule has 1 atom stereocenters. The van der Waals surface area contributed by atoms with E-state index in [-0.39, 0.29) is 30.4 Å². The van der Waals surface area contributed by atoms with Crippen LogP contribution in [0.3, 0.4) is 0 Å². The highest BCUT2D eigenvalue weighted by Gasteiger charge is 2.39. The Kier molecular flexibility index (Phi) is 7.88. The van der Waals surface area contributed by atoms with E-state index >= 15 is 0 Å². The number of carboxylic acid groups (broad SMARTS) is 1. The van der Waals surface area contributed by atoms with Gasteiger partial charge in [0.2, 0.25) is 0 Å². The molecule has 158 valence electrons. The maximum atomic E-state index is 12.1. The molecule has 0 saturated carbocycles. The van der Waals surface area contributed by atoms with E-state index < -0.39 is 12.0 Å². The van der Waals surface area contributed by atoms with Gasteiger partial charge in [-0.2, -0.15) is 0 Å². The topological polar surface area (TPSA) is 62.1 Å². The molecular weight excluding hydrogens is 467 g/mol. The fourth-order valence-corrected chi connectivity index (χ4v) is 4.57. The Labute approximate surface area is 196 Å². The Hall–Kier alpha value is -2.12. The van der Waals surface area contributed by atoms with Crippen molar-refractivity contribution in [3.05, 3.63) is 82.2 Å². The van der Waals surface area contributed by atoms with Crippen LogP contribution in [0.2, 0.25) is 5.02 Å². The first-order valence-electron chi connectivity index (χ1n) is 8.59. The van der Waals surface area contributed by atoms with Crippen LogP contribution in [-0.4, -0.2) is 28.3 Å². The van der Waals surface area contributed by atoms with Gasteiger partial charge in [0.25, 0.3) is 0 Å². The zero-order valence-electron chi connectivity index (χ0n) is 16.0. The molecule has 0 spiro atoms. The molecule has 2 heterocycles. The Morgan fingerprint density at radius 1 is 1.17 bits per heavy atom. The minimum Gasteiger partial charge on any atom is -0.496 e. The predicted octanol–water partition coefficient (Wildman–Crippen LogP) is 6.01. The number of aliphatic carboxylic acids is 1. The largest absolute Gasteiger partial charge is 0.496 e. The molecule has 0 aromatic heterocycles. The number of amidine groups is 1. The number of carbonyl (C=O) groups is 1. The van der Waals surface area contributed by atoms with Crippen LogP contribution in [0.5, 0.6) is 5.75 Å². The highest BCUT2D eigenvalue weighted by Crippen LogP contribution is 2.47. The number of rotatable bonds is 4. The molecule has 0 saturated heterocycles. The average Bonchev–Trinajstić information content (AvgIpc) is 3.10. The molecule has 9 heteroatoms. The van der Waals surface area contributed by atoms with Crippen molar-refractivity contribution in [2.24, 2.45) is 4.99 Å². The first-order valence-corrected chi connectivity index (χ1v) is 9.78. The van der Waals surface area contributed by atoms with Gasteiger partial charge >= 0.3 is 5.97 Å². The number of ether oxygens (including phenoxy) is 1. The molecule has 1 N–H and O–H groups in total. The minimum absolute atomic E-state index is 0. The second-order valence-electron chi connectivity index (χ2n) is 6.35. The van der Waals surface area contributed by atoms with Crippen LogP contribution in [0.4, 0.5) is 0 Å². The molecule has 0 radical (unpaired) electrons. The third-order valence-electron chi connectivity index (χ3n) is 4.68. The van der Waals surface area contributed by atoms with Crippen molar-refractivity contribution in [3.8, 4) is 5.75 Å². The van der Waals surface area contributed by atoms with Crippen LogP contribution in [-0.2, 0) is 4.79 Å². The summed E-state index contributed by atoms with van der Waals surface area (Å²) in [5.41, 5.74) is 2.51. The SMILES string of the molecule is COc1ccccc1[C@H]1C(C(=O)O)=C(C)N=C2SC(c3ccc(Cl)cc3)=CN21.Cl.Cl. The normalized spacial score (nSPS) is 17.3. The first-order chi connectivity index (χ1) is 13.5. The number of aliphatic imine (C=N–C) groups is 1. The average molecular weight is 486 g/mol. The van der Waals surface area contributed by atoms with Gasteiger partial charge in [-0.3, -0.25) is 0 Å². The van der Waals surface area contributed by atoms with E-state index in [9.17, 15) is 9.90 Å². The van der Waals surface area contributed by atoms with Gasteiger partial charge in [-0.25, -0.2) is 9.79 Å². The summed E-state index contributed by atoms with van der Waals surface area (Å²) in [7, 11) is 1.58. The van der Waals surface area contributed by atoms with Crippen molar-refractivity contribution in [3.63, 3.8) is 0 Å². The number of methoxy groups -OCH3 is 1. The fraction of sp³-hybridized carbons (Fsp3) is 0.143. The van der Waals surface area contributed by atoms with E-state index in [0.29, 0.717) is 16.5 Å². The number of hydrogen-bond acceptors (Lipinski definition) is 5. The van der Waals surface area contributed by atoms with Crippen molar-refractivity contribution in [2.75, 3.05) is 7.11 Å². The molecule has 0 unspecified atom stereocenters. The van der Waals surface area contributed by atoms with E-state index in [1.54, 1.807) is 14.0 Å². The van der Waals surface area contributed by atoms with Crippen molar-refractivity contribution in [2.45, 2.75) is 13.0 Å². The Balaban J connectivity index is 0.00000160. The molecule has 0 fully saturated rings. The van der Waals surface area contributed by atoms with Crippen molar-refractivity contribution >= 4 is 64.2 Å².